The Morgan fingerprint density at radius 1 is 1.28 bits per heavy atom. The molecule has 130 valence electrons. The van der Waals surface area contributed by atoms with E-state index in [0.29, 0.717) is 5.65 Å². The van der Waals surface area contributed by atoms with Crippen LogP contribution in [0.5, 0.6) is 0 Å². The smallest absolute Gasteiger partial charge is 0.328 e. The normalized spacial score (nSPS) is 12.3. The summed E-state index contributed by atoms with van der Waals surface area (Å²) in [5.74, 6) is -0.493. The Morgan fingerprint density at radius 2 is 2.04 bits per heavy atom. The minimum absolute atomic E-state index is 0.108. The van der Waals surface area contributed by atoms with E-state index in [1.165, 1.54) is 15.6 Å². The minimum Gasteiger partial charge on any atom is -0.464 e. The fraction of sp³-hybridized carbons (Fsp3) is 0.353. The summed E-state index contributed by atoms with van der Waals surface area (Å²) in [6, 6.07) is 5.04. The van der Waals surface area contributed by atoms with E-state index in [0.717, 1.165) is 16.8 Å². The molecule has 8 heteroatoms. The average molecular weight is 341 g/mol. The molecule has 0 N–H and O–H groups in total. The lowest BCUT2D eigenvalue weighted by atomic mass is 10.1. The fourth-order valence-corrected chi connectivity index (χ4v) is 2.51. The lowest BCUT2D eigenvalue weighted by Gasteiger charge is -2.12. The number of ether oxygens (including phenoxy) is 1. The monoisotopic (exact) mass is 341 g/mol. The van der Waals surface area contributed by atoms with Gasteiger partial charge in [0.15, 0.2) is 11.2 Å². The number of carbonyl (C=O) groups is 1. The van der Waals surface area contributed by atoms with Gasteiger partial charge >= 0.3 is 5.97 Å². The first-order chi connectivity index (χ1) is 11.9. The van der Waals surface area contributed by atoms with Crippen LogP contribution in [0.2, 0.25) is 0 Å². The van der Waals surface area contributed by atoms with E-state index in [2.05, 4.69) is 15.3 Å². The zero-order valence-corrected chi connectivity index (χ0v) is 14.6. The number of hydrogen-bond donors (Lipinski definition) is 0. The fourth-order valence-electron chi connectivity index (χ4n) is 2.51. The molecule has 0 saturated heterocycles. The maximum Gasteiger partial charge on any atom is 0.328 e. The lowest BCUT2D eigenvalue weighted by Crippen LogP contribution is -2.29. The molecule has 3 rings (SSSR count). The molecule has 25 heavy (non-hydrogen) atoms. The first-order valence-corrected chi connectivity index (χ1v) is 8.00. The summed E-state index contributed by atoms with van der Waals surface area (Å²) in [6.45, 7) is 7.56. The first-order valence-electron chi connectivity index (χ1n) is 8.00. The number of esters is 1. The van der Waals surface area contributed by atoms with Crippen LogP contribution in [0.1, 0.15) is 31.0 Å². The number of aryl methyl sites for hydroxylation is 2. The van der Waals surface area contributed by atoms with Gasteiger partial charge in [-0.3, -0.25) is 9.36 Å². The highest BCUT2D eigenvalue weighted by Gasteiger charge is 2.21. The Kier molecular flexibility index (Phi) is 4.35. The molecule has 0 aliphatic carbocycles. The van der Waals surface area contributed by atoms with Gasteiger partial charge in [-0.25, -0.2) is 9.78 Å². The maximum absolute atomic E-state index is 12.6. The number of aromatic nitrogens is 5. The molecule has 0 aliphatic rings. The molecule has 2 aromatic heterocycles. The van der Waals surface area contributed by atoms with Gasteiger partial charge in [-0.1, -0.05) is 11.3 Å². The molecule has 8 nitrogen and oxygen atoms in total. The van der Waals surface area contributed by atoms with Gasteiger partial charge in [-0.05, 0) is 51.0 Å². The quantitative estimate of drug-likeness (QED) is 0.671. The van der Waals surface area contributed by atoms with Crippen molar-refractivity contribution in [1.29, 1.82) is 0 Å². The van der Waals surface area contributed by atoms with Crippen LogP contribution < -0.4 is 5.56 Å². The second-order valence-corrected chi connectivity index (χ2v) is 5.83. The zero-order chi connectivity index (χ0) is 18.1. The summed E-state index contributed by atoms with van der Waals surface area (Å²) in [4.78, 5) is 28.8. The van der Waals surface area contributed by atoms with Crippen molar-refractivity contribution in [1.82, 2.24) is 24.5 Å². The van der Waals surface area contributed by atoms with Crippen LogP contribution in [-0.2, 0) is 9.53 Å². The van der Waals surface area contributed by atoms with E-state index in [1.54, 1.807) is 13.8 Å². The van der Waals surface area contributed by atoms with Crippen molar-refractivity contribution >= 4 is 17.1 Å². The largest absolute Gasteiger partial charge is 0.464 e. The molecule has 0 spiro atoms. The van der Waals surface area contributed by atoms with Crippen molar-refractivity contribution in [3.8, 4) is 5.69 Å². The first kappa shape index (κ1) is 16.8. The third-order valence-corrected chi connectivity index (χ3v) is 4.17. The van der Waals surface area contributed by atoms with Crippen molar-refractivity contribution in [2.24, 2.45) is 0 Å². The molecule has 3 aromatic rings. The third kappa shape index (κ3) is 2.90. The summed E-state index contributed by atoms with van der Waals surface area (Å²) in [5, 5.41) is 8.01. The zero-order valence-electron chi connectivity index (χ0n) is 14.6. The van der Waals surface area contributed by atoms with Crippen LogP contribution in [-0.4, -0.2) is 37.1 Å². The minimum atomic E-state index is -0.781. The van der Waals surface area contributed by atoms with Gasteiger partial charge in [0.25, 0.3) is 5.56 Å². The second kappa shape index (κ2) is 6.46. The predicted molar refractivity (Wildman–Crippen MR) is 91.7 cm³/mol. The van der Waals surface area contributed by atoms with Crippen LogP contribution >= 0.6 is 0 Å². The molecule has 0 saturated carbocycles. The molecule has 0 unspecified atom stereocenters. The van der Waals surface area contributed by atoms with Crippen molar-refractivity contribution < 1.29 is 9.53 Å². The SMILES string of the molecule is CCOC(=O)[C@H](C)n1cnc2c(nnn2-c2ccc(C)c(C)c2)c1=O. The summed E-state index contributed by atoms with van der Waals surface area (Å²) >= 11 is 0. The van der Waals surface area contributed by atoms with Crippen LogP contribution in [0.15, 0.2) is 29.3 Å². The molecule has 1 aromatic carbocycles. The molecular weight excluding hydrogens is 322 g/mol. The number of fused-ring (bicyclic) bond motifs is 1. The highest BCUT2D eigenvalue weighted by atomic mass is 16.5. The molecule has 0 bridgehead atoms. The topological polar surface area (TPSA) is 91.9 Å². The van der Waals surface area contributed by atoms with Crippen LogP contribution in [0, 0.1) is 13.8 Å². The predicted octanol–water partition coefficient (Wildman–Crippen LogP) is 1.72. The van der Waals surface area contributed by atoms with Crippen molar-refractivity contribution in [3.05, 3.63) is 46.0 Å². The summed E-state index contributed by atoms with van der Waals surface area (Å²) < 4.78 is 7.68. The van der Waals surface area contributed by atoms with Crippen LogP contribution in [0.3, 0.4) is 0 Å². The van der Waals surface area contributed by atoms with Gasteiger partial charge in [0.1, 0.15) is 12.4 Å². The van der Waals surface area contributed by atoms with E-state index >= 15 is 0 Å². The van der Waals surface area contributed by atoms with E-state index in [9.17, 15) is 9.59 Å². The highest BCUT2D eigenvalue weighted by molar-refractivity contribution is 5.75. The third-order valence-electron chi connectivity index (χ3n) is 4.17. The maximum atomic E-state index is 12.6. The molecule has 1 atom stereocenters. The van der Waals surface area contributed by atoms with E-state index in [4.69, 9.17) is 4.74 Å². The van der Waals surface area contributed by atoms with Crippen LogP contribution in [0.25, 0.3) is 16.9 Å². The van der Waals surface area contributed by atoms with Gasteiger partial charge < -0.3 is 4.74 Å². The van der Waals surface area contributed by atoms with Gasteiger partial charge in [0.05, 0.1) is 12.3 Å². The number of rotatable bonds is 4. The summed E-state index contributed by atoms with van der Waals surface area (Å²) in [5.41, 5.74) is 3.06. The Balaban J connectivity index is 2.09. The molecular formula is C17H19N5O3. The Bertz CT molecular complexity index is 1010. The number of hydrogen-bond acceptors (Lipinski definition) is 6. The molecule has 2 heterocycles. The lowest BCUT2D eigenvalue weighted by molar-refractivity contribution is -0.146. The number of benzene rings is 1. The van der Waals surface area contributed by atoms with Gasteiger partial charge in [-0.15, -0.1) is 5.10 Å². The van der Waals surface area contributed by atoms with Crippen molar-refractivity contribution in [2.75, 3.05) is 6.61 Å². The standard InChI is InChI=1S/C17H19N5O3/c1-5-25-17(24)12(4)21-9-18-15-14(16(21)23)19-20-22(15)13-7-6-10(2)11(3)8-13/h6-9,12H,5H2,1-4H3/t12-/m0/s1. The number of carbonyl (C=O) groups excluding carboxylic acids is 1. The molecule has 0 amide bonds. The Labute approximate surface area is 144 Å². The number of nitrogens with zero attached hydrogens (tertiary/aromatic N) is 5. The van der Waals surface area contributed by atoms with E-state index in [-0.39, 0.29) is 12.1 Å². The van der Waals surface area contributed by atoms with E-state index in [1.807, 2.05) is 32.0 Å². The molecule has 0 fully saturated rings. The molecule has 0 radical (unpaired) electrons. The second-order valence-electron chi connectivity index (χ2n) is 5.83. The average Bonchev–Trinajstić information content (AvgIpc) is 3.02. The van der Waals surface area contributed by atoms with Gasteiger partial charge in [0.2, 0.25) is 0 Å². The molecule has 0 aliphatic heterocycles. The van der Waals surface area contributed by atoms with Gasteiger partial charge in [0, 0.05) is 0 Å². The summed E-state index contributed by atoms with van der Waals surface area (Å²) in [6.07, 6.45) is 1.33. The Hall–Kier alpha value is -3.03. The Morgan fingerprint density at radius 3 is 2.72 bits per heavy atom. The van der Waals surface area contributed by atoms with Crippen molar-refractivity contribution in [2.45, 2.75) is 33.7 Å². The van der Waals surface area contributed by atoms with E-state index < -0.39 is 17.6 Å². The highest BCUT2D eigenvalue weighted by Crippen LogP contribution is 2.16. The van der Waals surface area contributed by atoms with Gasteiger partial charge in [-0.2, -0.15) is 4.68 Å². The summed E-state index contributed by atoms with van der Waals surface area (Å²) in [7, 11) is 0. The van der Waals surface area contributed by atoms with Crippen LogP contribution in [0.4, 0.5) is 0 Å². The van der Waals surface area contributed by atoms with Crippen molar-refractivity contribution in [3.63, 3.8) is 0 Å².